The van der Waals surface area contributed by atoms with Crippen LogP contribution in [0.2, 0.25) is 0 Å². The second-order valence-electron chi connectivity index (χ2n) is 30.0. The first kappa shape index (κ1) is 74.3. The van der Waals surface area contributed by atoms with Gasteiger partial charge in [-0.25, -0.2) is 24.3 Å². The number of nitrogens with two attached hydrogens (primary N) is 2. The van der Waals surface area contributed by atoms with Crippen LogP contribution in [0, 0.1) is 0 Å². The third kappa shape index (κ3) is 20.7. The lowest BCUT2D eigenvalue weighted by Gasteiger charge is -2.35. The summed E-state index contributed by atoms with van der Waals surface area (Å²) in [6, 6.07) is 18.5. The molecule has 0 saturated carbocycles. The molecule has 14 heterocycles. The number of aromatic nitrogens is 9. The molecule has 5 aliphatic rings. The molecule has 5 saturated heterocycles. The highest BCUT2D eigenvalue weighted by Gasteiger charge is 2.31. The number of aromatic amines is 1. The molecule has 99 heavy (non-hydrogen) atoms. The number of pyridine rings is 3. The summed E-state index contributed by atoms with van der Waals surface area (Å²) in [5.74, 6) is 2.27. The number of likely N-dealkylation sites (tertiary alicyclic amines) is 3. The minimum Gasteiger partial charge on any atom is -0.390 e. The fourth-order valence-electron chi connectivity index (χ4n) is 13.0. The molecule has 0 bridgehead atoms. The van der Waals surface area contributed by atoms with Gasteiger partial charge in [0.05, 0.1) is 90.5 Å². The van der Waals surface area contributed by atoms with Crippen LogP contribution >= 0.6 is 49.9 Å². The van der Waals surface area contributed by atoms with Crippen LogP contribution in [-0.4, -0.2) is 194 Å². The Morgan fingerprint density at radius 1 is 0.566 bits per heavy atom. The molecule has 12 N–H and O–H groups in total. The first-order valence-corrected chi connectivity index (χ1v) is 38.6. The molecule has 0 aromatic carbocycles. The van der Waals surface area contributed by atoms with Crippen molar-refractivity contribution in [2.24, 2.45) is 5.73 Å². The van der Waals surface area contributed by atoms with Crippen molar-refractivity contribution in [3.8, 4) is 31.7 Å². The fraction of sp³-hybridized carbons (Fsp3) is 0.583. The monoisotopic (exact) mass is 1480 g/mol. The molecule has 5 fully saturated rings. The predicted molar refractivity (Wildman–Crippen MR) is 410 cm³/mol. The molecule has 9 aromatic rings. The van der Waals surface area contributed by atoms with Crippen molar-refractivity contribution in [1.82, 2.24) is 59.4 Å². The van der Waals surface area contributed by atoms with Gasteiger partial charge in [-0.2, -0.15) is 15.3 Å². The Morgan fingerprint density at radius 3 is 1.45 bits per heavy atom. The van der Waals surface area contributed by atoms with Crippen LogP contribution in [0.4, 0.5) is 28.8 Å². The molecular formula is C72H105BrN18O5S3. The lowest BCUT2D eigenvalue weighted by molar-refractivity contribution is -0.0384. The quantitative estimate of drug-likeness (QED) is 0.0405. The molecule has 14 rings (SSSR count). The van der Waals surface area contributed by atoms with E-state index in [0.717, 1.165) is 246 Å². The maximum absolute atomic E-state index is 10.3. The van der Waals surface area contributed by atoms with Crippen LogP contribution in [-0.2, 0) is 9.47 Å². The highest BCUT2D eigenvalue weighted by Crippen LogP contribution is 2.43. The Bertz CT molecular complexity index is 4010. The molecule has 0 spiro atoms. The number of hydrogen-bond donors (Lipinski definition) is 10. The summed E-state index contributed by atoms with van der Waals surface area (Å²) in [6.45, 7) is 31.2. The van der Waals surface area contributed by atoms with Crippen LogP contribution in [0.5, 0.6) is 0 Å². The third-order valence-corrected chi connectivity index (χ3v) is 23.1. The highest BCUT2D eigenvalue weighted by atomic mass is 79.9. The number of nitrogen functional groups attached to an aromatic ring is 1. The molecular weight excluding hydrogens is 1370 g/mol. The summed E-state index contributed by atoms with van der Waals surface area (Å²) in [4.78, 5) is 24.8. The molecule has 23 nitrogen and oxygen atoms in total. The van der Waals surface area contributed by atoms with E-state index in [1.54, 1.807) is 40.2 Å². The first-order chi connectivity index (χ1) is 47.2. The first-order valence-electron chi connectivity index (χ1n) is 35.4. The van der Waals surface area contributed by atoms with E-state index in [4.69, 9.17) is 30.9 Å². The Balaban J connectivity index is 0.000000141. The SMILES string of the molecule is CC(C)(C)Nc1cc(Br)c2sc(-c3ccnn3C3CCCCO3)cc2n1.CC1(O)CCN(CCN)CC1.CC1(O)CCN(CCNc2cc(N)nc3cc(-c4ccn[nH]4)sc23)CC1.CC1(O)CCN(CCNc2cc(NC(C)(C)C)nc3cc(-c4ccnn4C4CCCCO4)sc23)CC1. The zero-order valence-electron chi connectivity index (χ0n) is 59.3. The number of halogens is 1. The maximum atomic E-state index is 10.3. The van der Waals surface area contributed by atoms with Crippen molar-refractivity contribution in [2.45, 2.75) is 180 Å². The van der Waals surface area contributed by atoms with Crippen LogP contribution in [0.15, 0.2) is 77.7 Å². The van der Waals surface area contributed by atoms with Gasteiger partial charge in [0.2, 0.25) is 0 Å². The van der Waals surface area contributed by atoms with E-state index in [9.17, 15) is 15.3 Å². The van der Waals surface area contributed by atoms with E-state index >= 15 is 0 Å². The van der Waals surface area contributed by atoms with Crippen molar-refractivity contribution >= 4 is 109 Å². The Morgan fingerprint density at radius 2 is 1.00 bits per heavy atom. The van der Waals surface area contributed by atoms with Gasteiger partial charge in [-0.05, 0) is 198 Å². The number of ether oxygens (including phenoxy) is 2. The zero-order valence-corrected chi connectivity index (χ0v) is 63.3. The molecule has 0 radical (unpaired) electrons. The zero-order chi connectivity index (χ0) is 70.1. The van der Waals surface area contributed by atoms with Gasteiger partial charge in [-0.3, -0.25) is 5.10 Å². The fourth-order valence-corrected chi connectivity index (χ4v) is 16.8. The summed E-state index contributed by atoms with van der Waals surface area (Å²) < 4.78 is 20.5. The molecule has 9 aromatic heterocycles. The average molecular weight is 1480 g/mol. The lowest BCUT2D eigenvalue weighted by Crippen LogP contribution is -2.44. The summed E-state index contributed by atoms with van der Waals surface area (Å²) in [5, 5.41) is 60.3. The Kier molecular flexibility index (Phi) is 24.5. The van der Waals surface area contributed by atoms with E-state index in [0.29, 0.717) is 5.82 Å². The van der Waals surface area contributed by atoms with Crippen LogP contribution in [0.1, 0.15) is 152 Å². The van der Waals surface area contributed by atoms with Crippen LogP contribution in [0.25, 0.3) is 62.4 Å². The van der Waals surface area contributed by atoms with Gasteiger partial charge in [0, 0.05) is 138 Å². The summed E-state index contributed by atoms with van der Waals surface area (Å²) in [7, 11) is 0. The van der Waals surface area contributed by atoms with Crippen LogP contribution < -0.4 is 32.7 Å². The smallest absolute Gasteiger partial charge is 0.150 e. The van der Waals surface area contributed by atoms with Gasteiger partial charge in [-0.15, -0.1) is 34.0 Å². The van der Waals surface area contributed by atoms with Gasteiger partial charge in [0.15, 0.2) is 12.5 Å². The van der Waals surface area contributed by atoms with E-state index in [2.05, 4.69) is 155 Å². The number of anilines is 5. The van der Waals surface area contributed by atoms with Crippen molar-refractivity contribution < 1.29 is 24.8 Å². The minimum atomic E-state index is -0.517. The molecule has 27 heteroatoms. The number of aliphatic hydroxyl groups is 3. The number of thiophene rings is 3. The number of hydrogen-bond acceptors (Lipinski definition) is 23. The number of rotatable bonds is 17. The summed E-state index contributed by atoms with van der Waals surface area (Å²) >= 11 is 8.88. The Labute approximate surface area is 603 Å². The van der Waals surface area contributed by atoms with Gasteiger partial charge in [0.1, 0.15) is 17.5 Å². The highest BCUT2D eigenvalue weighted by molar-refractivity contribution is 9.10. The number of nitrogens with zero attached hydrogens (tertiary/aromatic N) is 11. The van der Waals surface area contributed by atoms with E-state index < -0.39 is 16.8 Å². The summed E-state index contributed by atoms with van der Waals surface area (Å²) in [6.07, 6.45) is 17.2. The van der Waals surface area contributed by atoms with Gasteiger partial charge >= 0.3 is 0 Å². The molecule has 2 unspecified atom stereocenters. The van der Waals surface area contributed by atoms with Gasteiger partial charge in [0.25, 0.3) is 0 Å². The average Bonchev–Trinajstić information content (AvgIpc) is 1.65. The van der Waals surface area contributed by atoms with E-state index in [1.807, 2.05) is 60.7 Å². The summed E-state index contributed by atoms with van der Waals surface area (Å²) in [5.41, 5.74) is 18.0. The van der Waals surface area contributed by atoms with E-state index in [-0.39, 0.29) is 23.5 Å². The predicted octanol–water partition coefficient (Wildman–Crippen LogP) is 13.5. The van der Waals surface area contributed by atoms with Gasteiger partial charge in [-0.1, -0.05) is 0 Å². The molecule has 0 aliphatic carbocycles. The molecule has 5 aliphatic heterocycles. The normalized spacial score (nSPS) is 19.9. The number of H-pyrrole nitrogens is 1. The van der Waals surface area contributed by atoms with Crippen molar-refractivity contribution in [1.29, 1.82) is 0 Å². The second-order valence-corrected chi connectivity index (χ2v) is 34.0. The largest absolute Gasteiger partial charge is 0.390 e. The number of fused-ring (bicyclic) bond motifs is 3. The molecule has 538 valence electrons. The van der Waals surface area contributed by atoms with Gasteiger partial charge < -0.3 is 72.2 Å². The third-order valence-electron chi connectivity index (χ3n) is 18.6. The Hall–Kier alpha value is -5.92. The molecule has 0 amide bonds. The van der Waals surface area contributed by atoms with Crippen molar-refractivity contribution in [3.63, 3.8) is 0 Å². The maximum Gasteiger partial charge on any atom is 0.150 e. The lowest BCUT2D eigenvalue weighted by atomic mass is 9.94. The van der Waals surface area contributed by atoms with E-state index in [1.165, 1.54) is 12.8 Å². The second kappa shape index (κ2) is 32.6. The van der Waals surface area contributed by atoms with Crippen molar-refractivity contribution in [3.05, 3.63) is 77.7 Å². The molecule has 2 atom stereocenters. The minimum absolute atomic E-state index is 0.00274. The number of piperidine rings is 3. The van der Waals surface area contributed by atoms with Crippen LogP contribution in [0.3, 0.4) is 0 Å². The van der Waals surface area contributed by atoms with Crippen molar-refractivity contribution in [2.75, 3.05) is 119 Å². The standard InChI is InChI=1S/C27H40N6O2S.C19H23BrN4OS.C18H24N6OS.C8H18N2O/c1-26(2,3)31-23-18-19(28-12-15-32-13-9-27(4,34)10-14-32)25-20(30-23)17-22(36-25)21-8-11-29-33(21)24-7-5-6-16-35-24;1-19(2,3)23-16-10-12(20)18-13(22-16)11-15(26-18)14-7-8-21-24(14)17-6-4-5-9-25-17;1-18(25)3-7-24(8-4-18)9-6-20-13-11-16(19)22-14-10-15(26-17(13)14)12-2-5-21-23-12;1-8(11)2-5-10(6-3-8)7-4-9/h8,11,17-18,24,34H,5-7,9-10,12-16H2,1-4H3,(H2,28,30,31);7-8,10-11,17H,4-6,9H2,1-3H3,(H,22,23);2,5,10-11,25H,3-4,6-9H2,1H3,(H,21,23)(H3,19,20,22);11H,2-7,9H2,1H3. The number of nitrogens with one attached hydrogen (secondary N) is 5. The topological polar surface area (TPSA) is 292 Å².